The number of methoxy groups -OCH3 is 1. The number of nitrogens with two attached hydrogens (primary N) is 1. The number of piperidine rings is 1. The summed E-state index contributed by atoms with van der Waals surface area (Å²) in [5.74, 6) is 2.29. The summed E-state index contributed by atoms with van der Waals surface area (Å²) in [5.41, 5.74) is 1.90. The average molecular weight is 368 g/mol. The van der Waals surface area contributed by atoms with Crippen LogP contribution in [0.4, 0.5) is 5.82 Å². The summed E-state index contributed by atoms with van der Waals surface area (Å²) in [6.45, 7) is 5.23. The van der Waals surface area contributed by atoms with E-state index in [2.05, 4.69) is 15.0 Å². The van der Waals surface area contributed by atoms with Gasteiger partial charge in [0.25, 0.3) is 10.2 Å². The minimum Gasteiger partial charge on any atom is -0.495 e. The first-order valence-corrected chi connectivity index (χ1v) is 9.64. The number of fused-ring (bicyclic) bond motifs is 1. The molecular formula is C15H24N6O3S. The number of anilines is 1. The van der Waals surface area contributed by atoms with Crippen LogP contribution in [0.1, 0.15) is 24.2 Å². The molecule has 0 amide bonds. The monoisotopic (exact) mass is 368 g/mol. The average Bonchev–Trinajstić information content (AvgIpc) is 2.88. The number of hydrogen-bond acceptors (Lipinski definition) is 6. The second-order valence-corrected chi connectivity index (χ2v) is 7.98. The van der Waals surface area contributed by atoms with Gasteiger partial charge in [-0.15, -0.1) is 0 Å². The highest BCUT2D eigenvalue weighted by atomic mass is 32.2. The minimum absolute atomic E-state index is 0.0902. The third-order valence-corrected chi connectivity index (χ3v) is 5.93. The third-order valence-electron chi connectivity index (χ3n) is 4.82. The molecule has 1 aliphatic rings. The van der Waals surface area contributed by atoms with Crippen LogP contribution in [-0.2, 0) is 10.2 Å². The lowest BCUT2D eigenvalue weighted by Gasteiger charge is -2.36. The molecule has 0 spiro atoms. The van der Waals surface area contributed by atoms with Gasteiger partial charge in [0.1, 0.15) is 17.1 Å². The molecule has 25 heavy (non-hydrogen) atoms. The molecule has 138 valence electrons. The number of rotatable bonds is 4. The molecule has 9 nitrogen and oxygen atoms in total. The van der Waals surface area contributed by atoms with Crippen molar-refractivity contribution in [1.29, 1.82) is 0 Å². The van der Waals surface area contributed by atoms with E-state index < -0.39 is 10.2 Å². The zero-order chi connectivity index (χ0) is 18.4. The van der Waals surface area contributed by atoms with Crippen LogP contribution in [0.3, 0.4) is 0 Å². The van der Waals surface area contributed by atoms with Crippen molar-refractivity contribution in [3.8, 4) is 5.75 Å². The molecule has 2 aromatic heterocycles. The molecular weight excluding hydrogens is 344 g/mol. The molecule has 2 aromatic rings. The lowest BCUT2D eigenvalue weighted by Crippen LogP contribution is -2.47. The summed E-state index contributed by atoms with van der Waals surface area (Å²) in [6, 6.07) is -0.0902. The van der Waals surface area contributed by atoms with E-state index >= 15 is 0 Å². The van der Waals surface area contributed by atoms with Crippen molar-refractivity contribution in [1.82, 2.24) is 18.9 Å². The molecule has 2 N–H and O–H groups in total. The minimum atomic E-state index is -3.66. The van der Waals surface area contributed by atoms with Crippen LogP contribution in [0.25, 0.3) is 5.52 Å². The lowest BCUT2D eigenvalue weighted by molar-refractivity contribution is 0.312. The molecule has 3 heterocycles. The smallest absolute Gasteiger partial charge is 0.276 e. The van der Waals surface area contributed by atoms with Crippen LogP contribution >= 0.6 is 0 Å². The molecule has 0 radical (unpaired) electrons. The Morgan fingerprint density at radius 3 is 2.52 bits per heavy atom. The van der Waals surface area contributed by atoms with E-state index in [4.69, 9.17) is 9.88 Å². The van der Waals surface area contributed by atoms with E-state index in [0.717, 1.165) is 22.6 Å². The fourth-order valence-electron chi connectivity index (χ4n) is 3.37. The van der Waals surface area contributed by atoms with Crippen LogP contribution in [0.2, 0.25) is 0 Å². The van der Waals surface area contributed by atoms with E-state index in [1.54, 1.807) is 11.6 Å². The Balaban J connectivity index is 1.90. The van der Waals surface area contributed by atoms with E-state index in [-0.39, 0.29) is 6.04 Å². The van der Waals surface area contributed by atoms with E-state index in [1.807, 2.05) is 20.0 Å². The van der Waals surface area contributed by atoms with E-state index in [1.165, 1.54) is 11.4 Å². The highest BCUT2D eigenvalue weighted by molar-refractivity contribution is 7.86. The predicted molar refractivity (Wildman–Crippen MR) is 95.1 cm³/mol. The van der Waals surface area contributed by atoms with Gasteiger partial charge in [0.15, 0.2) is 5.82 Å². The first kappa shape index (κ1) is 17.9. The zero-order valence-electron chi connectivity index (χ0n) is 14.9. The van der Waals surface area contributed by atoms with Gasteiger partial charge in [0.05, 0.1) is 13.3 Å². The fourth-order valence-corrected chi connectivity index (χ4v) is 4.00. The highest BCUT2D eigenvalue weighted by Gasteiger charge is 2.29. The summed E-state index contributed by atoms with van der Waals surface area (Å²) in [6.07, 6.45) is 3.24. The van der Waals surface area contributed by atoms with Gasteiger partial charge in [0, 0.05) is 31.7 Å². The van der Waals surface area contributed by atoms with Gasteiger partial charge < -0.3 is 9.64 Å². The topological polar surface area (TPSA) is 106 Å². The number of hydrogen-bond donors (Lipinski definition) is 1. The van der Waals surface area contributed by atoms with E-state index in [9.17, 15) is 8.42 Å². The standard InChI is InChI=1S/C15H24N6O3S/c1-10-13(24-4)9-21-14(10)15(17-11(2)18-21)20-7-5-12(6-8-20)19(3)25(16,22)23/h9,12H,5-8H2,1-4H3,(H2,16,22,23). The molecule has 0 aromatic carbocycles. The zero-order valence-corrected chi connectivity index (χ0v) is 15.7. The summed E-state index contributed by atoms with van der Waals surface area (Å²) in [5, 5.41) is 9.67. The Morgan fingerprint density at radius 2 is 1.96 bits per heavy atom. The lowest BCUT2D eigenvalue weighted by atomic mass is 10.1. The van der Waals surface area contributed by atoms with Gasteiger partial charge in [-0.1, -0.05) is 0 Å². The van der Waals surface area contributed by atoms with Crippen molar-refractivity contribution in [3.63, 3.8) is 0 Å². The number of nitrogens with zero attached hydrogens (tertiary/aromatic N) is 5. The van der Waals surface area contributed by atoms with Crippen LogP contribution in [-0.4, -0.2) is 60.6 Å². The Labute approximate surface area is 147 Å². The predicted octanol–water partition coefficient (Wildman–Crippen LogP) is 0.459. The first-order valence-electron chi connectivity index (χ1n) is 8.13. The van der Waals surface area contributed by atoms with Crippen LogP contribution < -0.4 is 14.8 Å². The van der Waals surface area contributed by atoms with Gasteiger partial charge in [-0.3, -0.25) is 0 Å². The number of aromatic nitrogens is 3. The largest absolute Gasteiger partial charge is 0.495 e. The third kappa shape index (κ3) is 3.29. The molecule has 10 heteroatoms. The Kier molecular flexibility index (Phi) is 4.60. The van der Waals surface area contributed by atoms with Gasteiger partial charge in [-0.05, 0) is 26.7 Å². The second-order valence-electron chi connectivity index (χ2n) is 6.38. The molecule has 0 unspecified atom stereocenters. The van der Waals surface area contributed by atoms with E-state index in [0.29, 0.717) is 31.8 Å². The fraction of sp³-hybridized carbons (Fsp3) is 0.600. The molecule has 1 fully saturated rings. The molecule has 1 aliphatic heterocycles. The van der Waals surface area contributed by atoms with Crippen molar-refractivity contribution in [2.24, 2.45) is 5.14 Å². The highest BCUT2D eigenvalue weighted by Crippen LogP contribution is 2.32. The quantitative estimate of drug-likeness (QED) is 0.840. The van der Waals surface area contributed by atoms with Crippen molar-refractivity contribution in [3.05, 3.63) is 17.6 Å². The molecule has 0 atom stereocenters. The number of ether oxygens (including phenoxy) is 1. The maximum absolute atomic E-state index is 11.5. The molecule has 0 bridgehead atoms. The van der Waals surface area contributed by atoms with Gasteiger partial charge in [0.2, 0.25) is 0 Å². The van der Waals surface area contributed by atoms with Crippen molar-refractivity contribution in [2.45, 2.75) is 32.7 Å². The molecule has 0 saturated carbocycles. The van der Waals surface area contributed by atoms with Crippen LogP contribution in [0.5, 0.6) is 5.75 Å². The van der Waals surface area contributed by atoms with Crippen molar-refractivity contribution in [2.75, 3.05) is 32.1 Å². The summed E-state index contributed by atoms with van der Waals surface area (Å²) < 4.78 is 31.5. The summed E-state index contributed by atoms with van der Waals surface area (Å²) in [4.78, 5) is 6.80. The van der Waals surface area contributed by atoms with Gasteiger partial charge in [-0.25, -0.2) is 14.6 Å². The van der Waals surface area contributed by atoms with Gasteiger partial charge in [-0.2, -0.15) is 17.8 Å². The van der Waals surface area contributed by atoms with Crippen molar-refractivity contribution < 1.29 is 13.2 Å². The van der Waals surface area contributed by atoms with Crippen LogP contribution in [0, 0.1) is 13.8 Å². The Morgan fingerprint density at radius 1 is 1.32 bits per heavy atom. The van der Waals surface area contributed by atoms with Crippen molar-refractivity contribution >= 4 is 21.5 Å². The number of aryl methyl sites for hydroxylation is 2. The first-order chi connectivity index (χ1) is 11.7. The normalized spacial score (nSPS) is 16.8. The maximum atomic E-state index is 11.5. The SMILES string of the molecule is COc1cn2nc(C)nc(N3CCC(N(C)S(N)(=O)=O)CC3)c2c1C. The Hall–Kier alpha value is -1.91. The maximum Gasteiger partial charge on any atom is 0.276 e. The molecule has 1 saturated heterocycles. The summed E-state index contributed by atoms with van der Waals surface area (Å²) >= 11 is 0. The second kappa shape index (κ2) is 6.43. The molecule has 3 rings (SSSR count). The summed E-state index contributed by atoms with van der Waals surface area (Å²) in [7, 11) is -0.496. The van der Waals surface area contributed by atoms with Gasteiger partial charge >= 0.3 is 0 Å². The Bertz CT molecular complexity index is 886. The molecule has 0 aliphatic carbocycles. The van der Waals surface area contributed by atoms with Crippen LogP contribution in [0.15, 0.2) is 6.20 Å².